The molecule has 0 amide bonds. The Morgan fingerprint density at radius 3 is 2.61 bits per heavy atom. The molecule has 1 fully saturated rings. The number of nitrogens with zero attached hydrogens (tertiary/aromatic N) is 2. The summed E-state index contributed by atoms with van der Waals surface area (Å²) < 4.78 is 16.5. The number of nitrogens with two attached hydrogens (primary N) is 1. The van der Waals surface area contributed by atoms with Crippen molar-refractivity contribution >= 4 is 35.6 Å². The van der Waals surface area contributed by atoms with Gasteiger partial charge < -0.3 is 25.3 Å². The van der Waals surface area contributed by atoms with Crippen molar-refractivity contribution in [2.24, 2.45) is 10.7 Å². The van der Waals surface area contributed by atoms with Gasteiger partial charge in [-0.2, -0.15) is 0 Å². The van der Waals surface area contributed by atoms with E-state index in [1.807, 2.05) is 24.3 Å². The second-order valence-electron chi connectivity index (χ2n) is 6.42. The molecule has 0 saturated heterocycles. The third-order valence-corrected chi connectivity index (χ3v) is 4.48. The van der Waals surface area contributed by atoms with Crippen LogP contribution in [0.25, 0.3) is 0 Å². The summed E-state index contributed by atoms with van der Waals surface area (Å²) >= 11 is 0. The molecule has 1 aromatic heterocycles. The summed E-state index contributed by atoms with van der Waals surface area (Å²) in [5.41, 5.74) is 7.77. The van der Waals surface area contributed by atoms with Gasteiger partial charge in [0.1, 0.15) is 6.10 Å². The molecule has 1 aliphatic rings. The Balaban J connectivity index is 0.00000280. The molecule has 0 aliphatic heterocycles. The SMILES string of the molecule is COc1ccc(NC(N)=NCc2ccnc(OC3CCCC3)c2)cc1OC.I. The summed E-state index contributed by atoms with van der Waals surface area (Å²) in [6.07, 6.45) is 6.69. The summed E-state index contributed by atoms with van der Waals surface area (Å²) in [6, 6.07) is 9.30. The standard InChI is InChI=1S/C20H26N4O3.HI/c1-25-17-8-7-15(12-18(17)26-2)24-20(21)23-13-14-9-10-22-19(11-14)27-16-5-3-4-6-16;/h7-12,16H,3-6,13H2,1-2H3,(H3,21,23,24);1H. The van der Waals surface area contributed by atoms with E-state index in [1.54, 1.807) is 26.5 Å². The molecule has 1 saturated carbocycles. The highest BCUT2D eigenvalue weighted by Crippen LogP contribution is 2.29. The maximum absolute atomic E-state index is 6.01. The molecule has 3 rings (SSSR count). The number of halogens is 1. The lowest BCUT2D eigenvalue weighted by Crippen LogP contribution is -2.22. The average Bonchev–Trinajstić information content (AvgIpc) is 3.19. The maximum atomic E-state index is 6.01. The zero-order valence-electron chi connectivity index (χ0n) is 16.2. The first-order valence-corrected chi connectivity index (χ1v) is 9.08. The van der Waals surface area contributed by atoms with Gasteiger partial charge in [0.05, 0.1) is 20.8 Å². The van der Waals surface area contributed by atoms with Gasteiger partial charge in [0.2, 0.25) is 5.88 Å². The smallest absolute Gasteiger partial charge is 0.213 e. The van der Waals surface area contributed by atoms with E-state index in [0.29, 0.717) is 29.9 Å². The second-order valence-corrected chi connectivity index (χ2v) is 6.42. The number of anilines is 1. The van der Waals surface area contributed by atoms with E-state index in [1.165, 1.54) is 12.8 Å². The van der Waals surface area contributed by atoms with Crippen LogP contribution in [0, 0.1) is 0 Å². The molecule has 1 aromatic carbocycles. The number of aromatic nitrogens is 1. The van der Waals surface area contributed by atoms with E-state index < -0.39 is 0 Å². The molecule has 7 nitrogen and oxygen atoms in total. The second kappa shape index (κ2) is 10.9. The minimum atomic E-state index is 0. The van der Waals surface area contributed by atoms with Gasteiger partial charge in [-0.3, -0.25) is 0 Å². The predicted octanol–water partition coefficient (Wildman–Crippen LogP) is 3.97. The topological polar surface area (TPSA) is 91.0 Å². The average molecular weight is 498 g/mol. The number of pyridine rings is 1. The van der Waals surface area contributed by atoms with E-state index in [9.17, 15) is 0 Å². The highest BCUT2D eigenvalue weighted by atomic mass is 127. The van der Waals surface area contributed by atoms with E-state index in [-0.39, 0.29) is 30.1 Å². The van der Waals surface area contributed by atoms with Crippen molar-refractivity contribution in [2.75, 3.05) is 19.5 Å². The van der Waals surface area contributed by atoms with Crippen molar-refractivity contribution < 1.29 is 14.2 Å². The van der Waals surface area contributed by atoms with Crippen LogP contribution >= 0.6 is 24.0 Å². The van der Waals surface area contributed by atoms with Gasteiger partial charge >= 0.3 is 0 Å². The van der Waals surface area contributed by atoms with Crippen LogP contribution in [0.15, 0.2) is 41.5 Å². The van der Waals surface area contributed by atoms with Crippen molar-refractivity contribution in [3.05, 3.63) is 42.1 Å². The molecule has 0 spiro atoms. The zero-order chi connectivity index (χ0) is 19.1. The molecular formula is C20H27IN4O3. The van der Waals surface area contributed by atoms with Crippen LogP contribution in [0.4, 0.5) is 5.69 Å². The largest absolute Gasteiger partial charge is 0.493 e. The lowest BCUT2D eigenvalue weighted by Gasteiger charge is -2.12. The molecule has 8 heteroatoms. The first kappa shape index (κ1) is 22.1. The number of benzene rings is 1. The third kappa shape index (κ3) is 6.15. The van der Waals surface area contributed by atoms with E-state index in [2.05, 4.69) is 15.3 Å². The normalized spacial score (nSPS) is 14.3. The Morgan fingerprint density at radius 2 is 1.89 bits per heavy atom. The number of hydrogen-bond donors (Lipinski definition) is 2. The number of hydrogen-bond acceptors (Lipinski definition) is 5. The summed E-state index contributed by atoms with van der Waals surface area (Å²) in [5, 5.41) is 3.06. The molecule has 3 N–H and O–H groups in total. The third-order valence-electron chi connectivity index (χ3n) is 4.48. The molecule has 2 aromatic rings. The van der Waals surface area contributed by atoms with Gasteiger partial charge in [0.25, 0.3) is 0 Å². The summed E-state index contributed by atoms with van der Waals surface area (Å²) in [7, 11) is 3.19. The molecule has 0 unspecified atom stereocenters. The van der Waals surface area contributed by atoms with Gasteiger partial charge in [-0.05, 0) is 49.4 Å². The lowest BCUT2D eigenvalue weighted by atomic mass is 10.2. The van der Waals surface area contributed by atoms with Crippen LogP contribution in [0.5, 0.6) is 17.4 Å². The van der Waals surface area contributed by atoms with Gasteiger partial charge in [-0.25, -0.2) is 9.98 Å². The number of nitrogens with one attached hydrogen (secondary N) is 1. The van der Waals surface area contributed by atoms with Crippen LogP contribution in [-0.4, -0.2) is 31.3 Å². The van der Waals surface area contributed by atoms with Crippen molar-refractivity contribution in [1.29, 1.82) is 0 Å². The number of methoxy groups -OCH3 is 2. The fourth-order valence-electron chi connectivity index (χ4n) is 3.07. The van der Waals surface area contributed by atoms with Crippen molar-refractivity contribution in [2.45, 2.75) is 38.3 Å². The molecular weight excluding hydrogens is 471 g/mol. The minimum absolute atomic E-state index is 0. The number of guanidine groups is 1. The van der Waals surface area contributed by atoms with Crippen molar-refractivity contribution in [3.8, 4) is 17.4 Å². The highest BCUT2D eigenvalue weighted by Gasteiger charge is 2.17. The van der Waals surface area contributed by atoms with Gasteiger partial charge in [0.15, 0.2) is 17.5 Å². The lowest BCUT2D eigenvalue weighted by molar-refractivity contribution is 0.201. The minimum Gasteiger partial charge on any atom is -0.493 e. The fourth-order valence-corrected chi connectivity index (χ4v) is 3.07. The van der Waals surface area contributed by atoms with E-state index in [4.69, 9.17) is 19.9 Å². The highest BCUT2D eigenvalue weighted by molar-refractivity contribution is 14.0. The van der Waals surface area contributed by atoms with Crippen molar-refractivity contribution in [3.63, 3.8) is 0 Å². The van der Waals surface area contributed by atoms with Gasteiger partial charge in [-0.1, -0.05) is 0 Å². The number of rotatable bonds is 7. The van der Waals surface area contributed by atoms with Crippen LogP contribution in [-0.2, 0) is 6.54 Å². The zero-order valence-corrected chi connectivity index (χ0v) is 18.5. The fraction of sp³-hybridized carbons (Fsp3) is 0.400. The maximum Gasteiger partial charge on any atom is 0.213 e. The Hall–Kier alpha value is -2.23. The number of ether oxygens (including phenoxy) is 3. The Labute approximate surface area is 182 Å². The molecule has 1 aliphatic carbocycles. The van der Waals surface area contributed by atoms with Gasteiger partial charge in [-0.15, -0.1) is 24.0 Å². The van der Waals surface area contributed by atoms with Crippen molar-refractivity contribution in [1.82, 2.24) is 4.98 Å². The van der Waals surface area contributed by atoms with Crippen LogP contribution in [0.1, 0.15) is 31.2 Å². The molecule has 0 bridgehead atoms. The monoisotopic (exact) mass is 498 g/mol. The summed E-state index contributed by atoms with van der Waals surface area (Å²) in [5.74, 6) is 2.25. The Kier molecular flexibility index (Phi) is 8.62. The molecule has 28 heavy (non-hydrogen) atoms. The molecule has 0 radical (unpaired) electrons. The first-order valence-electron chi connectivity index (χ1n) is 9.08. The van der Waals surface area contributed by atoms with Gasteiger partial charge in [0, 0.05) is 24.0 Å². The van der Waals surface area contributed by atoms with Crippen LogP contribution in [0.2, 0.25) is 0 Å². The Morgan fingerprint density at radius 1 is 1.14 bits per heavy atom. The first-order chi connectivity index (χ1) is 13.2. The van der Waals surface area contributed by atoms with E-state index in [0.717, 1.165) is 24.1 Å². The number of aliphatic imine (C=N–C) groups is 1. The van der Waals surface area contributed by atoms with Crippen LogP contribution in [0.3, 0.4) is 0 Å². The molecule has 1 heterocycles. The van der Waals surface area contributed by atoms with E-state index >= 15 is 0 Å². The predicted molar refractivity (Wildman–Crippen MR) is 121 cm³/mol. The molecule has 152 valence electrons. The summed E-state index contributed by atoms with van der Waals surface area (Å²) in [6.45, 7) is 0.440. The summed E-state index contributed by atoms with van der Waals surface area (Å²) in [4.78, 5) is 8.68. The van der Waals surface area contributed by atoms with Crippen LogP contribution < -0.4 is 25.3 Å². The quantitative estimate of drug-likeness (QED) is 0.341. The molecule has 0 atom stereocenters. The Bertz CT molecular complexity index is 795.